The second kappa shape index (κ2) is 11.1. The lowest BCUT2D eigenvalue weighted by Crippen LogP contribution is -3.00. The minimum Gasteiger partial charge on any atom is -1.00 e. The summed E-state index contributed by atoms with van der Waals surface area (Å²) in [4.78, 5) is 38.6. The van der Waals surface area contributed by atoms with Crippen LogP contribution in [0.1, 0.15) is 0 Å². The number of amides is 3. The standard InChI is InChI=1S/C22H24ClN7O3.ClH/c1-30(2,3)13-17(31)26-27-19(21(32)25-15-11-9-14(23)10-12-15)18-20(24)28-29(22(18)33)16-7-5-4-6-8-16;/h4-12,18H,13H2,1-3H3,(H3-,24,25,26,28,31,32);1H. The molecule has 0 aliphatic carbocycles. The first-order valence-corrected chi connectivity index (χ1v) is 10.4. The number of benzene rings is 2. The van der Waals surface area contributed by atoms with Gasteiger partial charge in [-0.3, -0.25) is 14.4 Å². The van der Waals surface area contributed by atoms with Crippen LogP contribution in [0.4, 0.5) is 11.4 Å². The zero-order valence-electron chi connectivity index (χ0n) is 18.8. The molecule has 1 aliphatic heterocycles. The fourth-order valence-electron chi connectivity index (χ4n) is 3.05. The zero-order chi connectivity index (χ0) is 24.2. The van der Waals surface area contributed by atoms with Crippen molar-refractivity contribution in [1.29, 1.82) is 0 Å². The molecule has 3 rings (SSSR count). The normalized spacial score (nSPS) is 15.9. The van der Waals surface area contributed by atoms with Crippen molar-refractivity contribution >= 4 is 52.2 Å². The number of carbonyl (C=O) groups is 3. The highest BCUT2D eigenvalue weighted by Gasteiger charge is 2.42. The van der Waals surface area contributed by atoms with Gasteiger partial charge in [-0.2, -0.15) is 15.2 Å². The van der Waals surface area contributed by atoms with Crippen LogP contribution in [0, 0.1) is 5.92 Å². The highest BCUT2D eigenvalue weighted by atomic mass is 35.5. The number of rotatable bonds is 7. The number of nitrogens with one attached hydrogen (secondary N) is 2. The second-order valence-corrected chi connectivity index (χ2v) is 8.82. The third kappa shape index (κ3) is 6.77. The maximum absolute atomic E-state index is 13.2. The minimum atomic E-state index is -1.28. The predicted octanol–water partition coefficient (Wildman–Crippen LogP) is -1.60. The number of likely N-dealkylation sites (N-methyl/N-ethyl adjacent to an activating group) is 1. The number of nitrogens with two attached hydrogens (primary N) is 1. The molecule has 0 aromatic heterocycles. The van der Waals surface area contributed by atoms with Crippen molar-refractivity contribution in [2.45, 2.75) is 0 Å². The van der Waals surface area contributed by atoms with Crippen molar-refractivity contribution in [3.8, 4) is 0 Å². The lowest BCUT2D eigenvalue weighted by Gasteiger charge is -2.22. The van der Waals surface area contributed by atoms with Gasteiger partial charge in [0, 0.05) is 10.7 Å². The predicted molar refractivity (Wildman–Crippen MR) is 128 cm³/mol. The van der Waals surface area contributed by atoms with E-state index in [9.17, 15) is 14.4 Å². The van der Waals surface area contributed by atoms with Crippen LogP contribution in [-0.2, 0) is 14.4 Å². The lowest BCUT2D eigenvalue weighted by molar-refractivity contribution is -0.862. The molecule has 1 atom stereocenters. The van der Waals surface area contributed by atoms with E-state index in [0.29, 0.717) is 20.9 Å². The Bertz CT molecular complexity index is 1110. The molecule has 34 heavy (non-hydrogen) atoms. The second-order valence-electron chi connectivity index (χ2n) is 8.38. The van der Waals surface area contributed by atoms with Crippen LogP contribution in [0.15, 0.2) is 64.8 Å². The molecule has 2 aromatic rings. The van der Waals surface area contributed by atoms with Gasteiger partial charge in [-0.05, 0) is 36.4 Å². The van der Waals surface area contributed by atoms with Crippen molar-refractivity contribution in [3.63, 3.8) is 0 Å². The molecule has 0 bridgehead atoms. The summed E-state index contributed by atoms with van der Waals surface area (Å²) in [5, 5.41) is 12.4. The summed E-state index contributed by atoms with van der Waals surface area (Å²) in [7, 11) is 5.50. The number of carbonyl (C=O) groups excluding carboxylic acids is 3. The monoisotopic (exact) mass is 505 g/mol. The van der Waals surface area contributed by atoms with E-state index in [4.69, 9.17) is 17.3 Å². The molecule has 12 heteroatoms. The number of halogens is 2. The number of quaternary nitrogens is 1. The first-order chi connectivity index (χ1) is 15.5. The molecule has 1 aliphatic rings. The van der Waals surface area contributed by atoms with Gasteiger partial charge in [0.05, 0.1) is 26.8 Å². The Morgan fingerprint density at radius 3 is 2.32 bits per heavy atom. The van der Waals surface area contributed by atoms with Gasteiger partial charge in [0.2, 0.25) is 0 Å². The lowest BCUT2D eigenvalue weighted by atomic mass is 10.0. The Kier molecular flexibility index (Phi) is 8.74. The number of hydrogen-bond donors (Lipinski definition) is 3. The van der Waals surface area contributed by atoms with Gasteiger partial charge in [0.1, 0.15) is 17.5 Å². The molecule has 0 radical (unpaired) electrons. The number of amidine groups is 1. The van der Waals surface area contributed by atoms with Crippen molar-refractivity contribution in [3.05, 3.63) is 59.6 Å². The van der Waals surface area contributed by atoms with Crippen LogP contribution >= 0.6 is 11.6 Å². The van der Waals surface area contributed by atoms with Crippen LogP contribution in [0.2, 0.25) is 5.02 Å². The van der Waals surface area contributed by atoms with Crippen molar-refractivity contribution in [2.24, 2.45) is 21.9 Å². The molecular weight excluding hydrogens is 481 g/mol. The molecule has 0 saturated heterocycles. The molecule has 0 spiro atoms. The van der Waals surface area contributed by atoms with E-state index in [-0.39, 0.29) is 30.5 Å². The van der Waals surface area contributed by atoms with Crippen LogP contribution in [0.3, 0.4) is 0 Å². The van der Waals surface area contributed by atoms with E-state index >= 15 is 0 Å². The van der Waals surface area contributed by atoms with E-state index in [1.807, 2.05) is 21.1 Å². The van der Waals surface area contributed by atoms with Crippen LogP contribution in [-0.4, -0.2) is 61.4 Å². The average molecular weight is 506 g/mol. The van der Waals surface area contributed by atoms with Gasteiger partial charge < -0.3 is 27.9 Å². The van der Waals surface area contributed by atoms with E-state index in [2.05, 4.69) is 20.9 Å². The molecule has 1 heterocycles. The van der Waals surface area contributed by atoms with E-state index in [1.54, 1.807) is 54.6 Å². The summed E-state index contributed by atoms with van der Waals surface area (Å²) in [6, 6.07) is 15.0. The minimum absolute atomic E-state index is 0. The van der Waals surface area contributed by atoms with Gasteiger partial charge in [-0.1, -0.05) is 29.8 Å². The summed E-state index contributed by atoms with van der Waals surface area (Å²) in [5.74, 6) is -3.10. The van der Waals surface area contributed by atoms with Crippen LogP contribution in [0.25, 0.3) is 0 Å². The van der Waals surface area contributed by atoms with E-state index < -0.39 is 23.6 Å². The Labute approximate surface area is 208 Å². The molecular formula is C22H25Cl2N7O3. The SMILES string of the molecule is C[N+](C)(C)CC(=O)NN=C(C(=O)Nc1ccc(Cl)cc1)C1C(=O)N(c2ccccc2)N=C1N.[Cl-]. The highest BCUT2D eigenvalue weighted by Crippen LogP contribution is 2.24. The number of hydrazone groups is 2. The average Bonchev–Trinajstić information content (AvgIpc) is 3.04. The highest BCUT2D eigenvalue weighted by molar-refractivity contribution is 6.52. The van der Waals surface area contributed by atoms with E-state index in [1.165, 1.54) is 0 Å². The number of para-hydroxylation sites is 1. The first kappa shape index (κ1) is 26.8. The summed E-state index contributed by atoms with van der Waals surface area (Å²) in [6.45, 7) is 0.105. The van der Waals surface area contributed by atoms with Crippen molar-refractivity contribution in [1.82, 2.24) is 5.43 Å². The Balaban J connectivity index is 0.00000408. The van der Waals surface area contributed by atoms with Crippen molar-refractivity contribution < 1.29 is 31.3 Å². The molecule has 0 saturated carbocycles. The topological polar surface area (TPSA) is 129 Å². The van der Waals surface area contributed by atoms with E-state index in [0.717, 1.165) is 5.01 Å². The molecule has 3 amide bonds. The summed E-state index contributed by atoms with van der Waals surface area (Å²) < 4.78 is 0.349. The number of hydrogen-bond acceptors (Lipinski definition) is 6. The molecule has 10 nitrogen and oxygen atoms in total. The molecule has 180 valence electrons. The molecule has 4 N–H and O–H groups in total. The Morgan fingerprint density at radius 2 is 1.74 bits per heavy atom. The Morgan fingerprint density at radius 1 is 1.12 bits per heavy atom. The number of nitrogens with zero attached hydrogens (tertiary/aromatic N) is 4. The fourth-order valence-corrected chi connectivity index (χ4v) is 3.17. The maximum atomic E-state index is 13.2. The summed E-state index contributed by atoms with van der Waals surface area (Å²) in [6.07, 6.45) is 0. The number of anilines is 2. The van der Waals surface area contributed by atoms with Crippen LogP contribution < -0.4 is 33.9 Å². The summed E-state index contributed by atoms with van der Waals surface area (Å²) >= 11 is 5.90. The third-order valence-electron chi connectivity index (χ3n) is 4.49. The quantitative estimate of drug-likeness (QED) is 0.237. The smallest absolute Gasteiger partial charge is 0.295 e. The summed E-state index contributed by atoms with van der Waals surface area (Å²) in [5.41, 5.74) is 9.03. The van der Waals surface area contributed by atoms with Crippen LogP contribution in [0.5, 0.6) is 0 Å². The van der Waals surface area contributed by atoms with Gasteiger partial charge >= 0.3 is 0 Å². The maximum Gasteiger partial charge on any atom is 0.295 e. The zero-order valence-corrected chi connectivity index (χ0v) is 20.3. The fraction of sp³-hybridized carbons (Fsp3) is 0.227. The Hall–Kier alpha value is -3.47. The van der Waals surface area contributed by atoms with Gasteiger partial charge in [0.25, 0.3) is 17.7 Å². The molecule has 2 aromatic carbocycles. The first-order valence-electron chi connectivity index (χ1n) is 10.0. The third-order valence-corrected chi connectivity index (χ3v) is 4.75. The molecule has 1 unspecified atom stereocenters. The van der Waals surface area contributed by atoms with Gasteiger partial charge in [-0.25, -0.2) is 5.43 Å². The molecule has 0 fully saturated rings. The van der Waals surface area contributed by atoms with Gasteiger partial charge in [0.15, 0.2) is 6.54 Å². The van der Waals surface area contributed by atoms with Crippen molar-refractivity contribution in [2.75, 3.05) is 38.0 Å². The van der Waals surface area contributed by atoms with Gasteiger partial charge in [-0.15, -0.1) is 0 Å². The largest absolute Gasteiger partial charge is 1.00 e.